The van der Waals surface area contributed by atoms with Gasteiger partial charge in [-0.15, -0.1) is 0 Å². The van der Waals surface area contributed by atoms with E-state index in [2.05, 4.69) is 33.7 Å². The van der Waals surface area contributed by atoms with Gasteiger partial charge in [0.2, 0.25) is 0 Å². The number of halogens is 2. The number of nitrogens with one attached hydrogen (secondary N) is 2. The highest BCUT2D eigenvalue weighted by Crippen LogP contribution is 2.16. The number of benzene rings is 1. The van der Waals surface area contributed by atoms with Crippen LogP contribution in [0.1, 0.15) is 30.3 Å². The summed E-state index contributed by atoms with van der Waals surface area (Å²) in [6.45, 7) is 8.93. The van der Waals surface area contributed by atoms with Crippen molar-refractivity contribution in [1.29, 1.82) is 0 Å². The van der Waals surface area contributed by atoms with E-state index in [1.54, 1.807) is 12.1 Å². The number of rotatable bonds is 7. The van der Waals surface area contributed by atoms with Gasteiger partial charge >= 0.3 is 0 Å². The van der Waals surface area contributed by atoms with Crippen molar-refractivity contribution in [2.75, 3.05) is 13.1 Å². The standard InChI is InChI=1S/C18H25ClFN5/c1-4-21-18(23-12-15-6-7-17(20)16(19)11-15)22-8-5-9-25-14(3)10-13(2)24-25/h6-7,10-11H,4-5,8-9,12H2,1-3H3,(H2,21,22,23). The molecule has 2 N–H and O–H groups in total. The largest absolute Gasteiger partial charge is 0.357 e. The maximum absolute atomic E-state index is 13.2. The molecule has 7 heteroatoms. The number of aromatic nitrogens is 2. The highest BCUT2D eigenvalue weighted by molar-refractivity contribution is 6.30. The highest BCUT2D eigenvalue weighted by Gasteiger charge is 2.03. The number of hydrogen-bond acceptors (Lipinski definition) is 2. The molecular weight excluding hydrogens is 341 g/mol. The molecule has 0 radical (unpaired) electrons. The lowest BCUT2D eigenvalue weighted by atomic mass is 10.2. The lowest BCUT2D eigenvalue weighted by Crippen LogP contribution is -2.38. The Balaban J connectivity index is 1.84. The fourth-order valence-corrected chi connectivity index (χ4v) is 2.69. The molecule has 136 valence electrons. The summed E-state index contributed by atoms with van der Waals surface area (Å²) in [5.41, 5.74) is 3.08. The Kier molecular flexibility index (Phi) is 7.25. The Labute approximate surface area is 153 Å². The normalized spacial score (nSPS) is 11.6. The zero-order valence-electron chi connectivity index (χ0n) is 14.9. The molecule has 2 rings (SSSR count). The molecule has 0 fully saturated rings. The molecule has 0 spiro atoms. The molecule has 0 aliphatic rings. The van der Waals surface area contributed by atoms with Gasteiger partial charge in [0.15, 0.2) is 5.96 Å². The first-order valence-corrected chi connectivity index (χ1v) is 8.84. The van der Waals surface area contributed by atoms with Crippen molar-refractivity contribution in [3.63, 3.8) is 0 Å². The summed E-state index contributed by atoms with van der Waals surface area (Å²) in [7, 11) is 0. The van der Waals surface area contributed by atoms with Crippen LogP contribution in [0.3, 0.4) is 0 Å². The maximum atomic E-state index is 13.2. The van der Waals surface area contributed by atoms with Crippen LogP contribution < -0.4 is 10.6 Å². The average molecular weight is 366 g/mol. The summed E-state index contributed by atoms with van der Waals surface area (Å²) in [5.74, 6) is 0.319. The summed E-state index contributed by atoms with van der Waals surface area (Å²) < 4.78 is 15.2. The van der Waals surface area contributed by atoms with Crippen LogP contribution in [0.25, 0.3) is 0 Å². The molecule has 1 heterocycles. The minimum absolute atomic E-state index is 0.121. The third-order valence-corrected chi connectivity index (χ3v) is 3.98. The Morgan fingerprint density at radius 2 is 2.08 bits per heavy atom. The smallest absolute Gasteiger partial charge is 0.191 e. The maximum Gasteiger partial charge on any atom is 0.191 e. The summed E-state index contributed by atoms with van der Waals surface area (Å²) >= 11 is 5.80. The fourth-order valence-electron chi connectivity index (χ4n) is 2.49. The van der Waals surface area contributed by atoms with Crippen LogP contribution in [-0.2, 0) is 13.1 Å². The number of hydrogen-bond donors (Lipinski definition) is 2. The third kappa shape index (κ3) is 6.05. The quantitative estimate of drug-likeness (QED) is 0.449. The van der Waals surface area contributed by atoms with E-state index in [0.717, 1.165) is 43.3 Å². The molecule has 25 heavy (non-hydrogen) atoms. The van der Waals surface area contributed by atoms with Gasteiger partial charge in [-0.1, -0.05) is 17.7 Å². The van der Waals surface area contributed by atoms with Crippen molar-refractivity contribution >= 4 is 17.6 Å². The van der Waals surface area contributed by atoms with Gasteiger partial charge < -0.3 is 10.6 Å². The molecular formula is C18H25ClFN5. The molecule has 2 aromatic rings. The summed E-state index contributed by atoms with van der Waals surface area (Å²) in [4.78, 5) is 4.51. The first kappa shape index (κ1) is 19.2. The van der Waals surface area contributed by atoms with Crippen LogP contribution in [0.2, 0.25) is 5.02 Å². The molecule has 0 bridgehead atoms. The Morgan fingerprint density at radius 3 is 2.72 bits per heavy atom. The van der Waals surface area contributed by atoms with E-state index in [1.165, 1.54) is 11.8 Å². The number of guanidine groups is 1. The minimum Gasteiger partial charge on any atom is -0.357 e. The van der Waals surface area contributed by atoms with Crippen molar-refractivity contribution in [3.8, 4) is 0 Å². The molecule has 0 atom stereocenters. The predicted octanol–water partition coefficient (Wildman–Crippen LogP) is 3.44. The van der Waals surface area contributed by atoms with Crippen LogP contribution in [-0.4, -0.2) is 28.8 Å². The number of nitrogens with zero attached hydrogens (tertiary/aromatic N) is 3. The molecule has 0 aliphatic heterocycles. The molecule has 0 unspecified atom stereocenters. The Morgan fingerprint density at radius 1 is 1.28 bits per heavy atom. The van der Waals surface area contributed by atoms with E-state index in [-0.39, 0.29) is 5.02 Å². The average Bonchev–Trinajstić information content (AvgIpc) is 2.89. The van der Waals surface area contributed by atoms with E-state index < -0.39 is 5.82 Å². The molecule has 5 nitrogen and oxygen atoms in total. The molecule has 0 saturated carbocycles. The van der Waals surface area contributed by atoms with Crippen molar-refractivity contribution in [2.45, 2.75) is 40.3 Å². The second-order valence-corrected chi connectivity index (χ2v) is 6.28. The molecule has 0 amide bonds. The van der Waals surface area contributed by atoms with Gasteiger partial charge in [0.05, 0.1) is 17.3 Å². The molecule has 0 saturated heterocycles. The highest BCUT2D eigenvalue weighted by atomic mass is 35.5. The topological polar surface area (TPSA) is 54.2 Å². The Bertz CT molecular complexity index is 726. The van der Waals surface area contributed by atoms with Crippen LogP contribution in [0.5, 0.6) is 0 Å². The molecule has 0 aliphatic carbocycles. The van der Waals surface area contributed by atoms with E-state index >= 15 is 0 Å². The van der Waals surface area contributed by atoms with Crippen molar-refractivity contribution < 1.29 is 4.39 Å². The van der Waals surface area contributed by atoms with Gasteiger partial charge in [-0.2, -0.15) is 5.10 Å². The second kappa shape index (κ2) is 9.42. The lowest BCUT2D eigenvalue weighted by molar-refractivity contribution is 0.555. The first-order valence-electron chi connectivity index (χ1n) is 8.46. The minimum atomic E-state index is -0.413. The van der Waals surface area contributed by atoms with Gasteiger partial charge in [-0.3, -0.25) is 4.68 Å². The zero-order valence-corrected chi connectivity index (χ0v) is 15.7. The summed E-state index contributed by atoms with van der Waals surface area (Å²) in [6, 6.07) is 6.73. The molecule has 1 aromatic carbocycles. The van der Waals surface area contributed by atoms with Gasteiger partial charge in [0.1, 0.15) is 5.82 Å². The summed E-state index contributed by atoms with van der Waals surface area (Å²) in [5, 5.41) is 11.1. The zero-order chi connectivity index (χ0) is 18.2. The summed E-state index contributed by atoms with van der Waals surface area (Å²) in [6.07, 6.45) is 0.939. The first-order chi connectivity index (χ1) is 12.0. The van der Waals surface area contributed by atoms with Gasteiger partial charge in [0.25, 0.3) is 0 Å². The van der Waals surface area contributed by atoms with Crippen LogP contribution in [0.15, 0.2) is 29.3 Å². The van der Waals surface area contributed by atoms with Crippen LogP contribution in [0.4, 0.5) is 4.39 Å². The van der Waals surface area contributed by atoms with Crippen LogP contribution in [0, 0.1) is 19.7 Å². The predicted molar refractivity (Wildman–Crippen MR) is 101 cm³/mol. The van der Waals surface area contributed by atoms with E-state index in [9.17, 15) is 4.39 Å². The second-order valence-electron chi connectivity index (χ2n) is 5.87. The van der Waals surface area contributed by atoms with E-state index in [4.69, 9.17) is 11.6 Å². The molecule has 1 aromatic heterocycles. The lowest BCUT2D eigenvalue weighted by Gasteiger charge is -2.12. The number of aliphatic imine (C=N–C) groups is 1. The van der Waals surface area contributed by atoms with Gasteiger partial charge in [-0.25, -0.2) is 9.38 Å². The van der Waals surface area contributed by atoms with Crippen molar-refractivity contribution in [3.05, 3.63) is 52.1 Å². The van der Waals surface area contributed by atoms with Crippen molar-refractivity contribution in [1.82, 2.24) is 20.4 Å². The van der Waals surface area contributed by atoms with E-state index in [1.807, 2.05) is 18.5 Å². The van der Waals surface area contributed by atoms with Gasteiger partial charge in [-0.05, 0) is 51.0 Å². The Hall–Kier alpha value is -2.08. The fraction of sp³-hybridized carbons (Fsp3) is 0.444. The number of aryl methyl sites for hydroxylation is 3. The van der Waals surface area contributed by atoms with Gasteiger partial charge in [0, 0.05) is 25.3 Å². The third-order valence-electron chi connectivity index (χ3n) is 3.69. The van der Waals surface area contributed by atoms with E-state index in [0.29, 0.717) is 6.54 Å². The monoisotopic (exact) mass is 365 g/mol. The van der Waals surface area contributed by atoms with Crippen LogP contribution >= 0.6 is 11.6 Å². The van der Waals surface area contributed by atoms with Crippen molar-refractivity contribution in [2.24, 2.45) is 4.99 Å². The SMILES string of the molecule is CCNC(=NCc1ccc(F)c(Cl)c1)NCCCn1nc(C)cc1C.